The van der Waals surface area contributed by atoms with Crippen molar-refractivity contribution in [1.29, 1.82) is 0 Å². The molecule has 0 aliphatic heterocycles. The minimum atomic E-state index is -0.573. The fourth-order valence-electron chi connectivity index (χ4n) is 4.48. The highest BCUT2D eigenvalue weighted by molar-refractivity contribution is 6.40. The Morgan fingerprint density at radius 3 is 2.24 bits per heavy atom. The molecule has 1 saturated carbocycles. The zero-order valence-corrected chi connectivity index (χ0v) is 20.6. The number of anilines is 1. The molecule has 0 radical (unpaired) electrons. The third-order valence-corrected chi connectivity index (χ3v) is 6.90. The molecule has 182 valence electrons. The summed E-state index contributed by atoms with van der Waals surface area (Å²) in [6.07, 6.45) is 4.87. The lowest BCUT2D eigenvalue weighted by molar-refractivity contribution is -0.131. The van der Waals surface area contributed by atoms with E-state index in [1.54, 1.807) is 30.3 Å². The van der Waals surface area contributed by atoms with Crippen LogP contribution in [0.4, 0.5) is 10.5 Å². The molecule has 5 N–H and O–H groups in total. The summed E-state index contributed by atoms with van der Waals surface area (Å²) < 4.78 is 0. The molecule has 1 aliphatic carbocycles. The van der Waals surface area contributed by atoms with Gasteiger partial charge < -0.3 is 21.7 Å². The number of amides is 4. The van der Waals surface area contributed by atoms with Gasteiger partial charge in [0.1, 0.15) is 0 Å². The van der Waals surface area contributed by atoms with Crippen LogP contribution in [0.25, 0.3) is 0 Å². The van der Waals surface area contributed by atoms with Gasteiger partial charge in [-0.25, -0.2) is 4.79 Å². The topological polar surface area (TPSA) is 113 Å². The van der Waals surface area contributed by atoms with E-state index in [1.165, 1.54) is 0 Å². The summed E-state index contributed by atoms with van der Waals surface area (Å²) in [7, 11) is 0. The highest BCUT2D eigenvalue weighted by Gasteiger charge is 2.40. The highest BCUT2D eigenvalue weighted by atomic mass is 35.5. The van der Waals surface area contributed by atoms with Crippen LogP contribution in [-0.4, -0.2) is 30.4 Å². The molecular formula is C25H30Cl2N4O3. The maximum Gasteiger partial charge on any atom is 0.312 e. The smallest absolute Gasteiger partial charge is 0.312 e. The number of nitrogens with two attached hydrogens (primary N) is 1. The predicted octanol–water partition coefficient (Wildman–Crippen LogP) is 4.91. The fraction of sp³-hybridized carbons (Fsp3) is 0.400. The van der Waals surface area contributed by atoms with Crippen LogP contribution in [0, 0.1) is 5.41 Å². The summed E-state index contributed by atoms with van der Waals surface area (Å²) >= 11 is 12.2. The number of rotatable bonds is 9. The van der Waals surface area contributed by atoms with Gasteiger partial charge in [0.25, 0.3) is 5.91 Å². The molecule has 9 heteroatoms. The van der Waals surface area contributed by atoms with Gasteiger partial charge in [-0.1, -0.05) is 54.2 Å². The van der Waals surface area contributed by atoms with E-state index in [0.29, 0.717) is 25.1 Å². The van der Waals surface area contributed by atoms with Crippen molar-refractivity contribution in [2.24, 2.45) is 11.1 Å². The molecular weight excluding hydrogens is 475 g/mol. The number of carbonyl (C=O) groups excluding carboxylic acids is 3. The van der Waals surface area contributed by atoms with Crippen LogP contribution < -0.4 is 21.7 Å². The highest BCUT2D eigenvalue weighted by Crippen LogP contribution is 2.41. The first-order chi connectivity index (χ1) is 16.2. The van der Waals surface area contributed by atoms with Crippen molar-refractivity contribution in [3.8, 4) is 0 Å². The van der Waals surface area contributed by atoms with Crippen LogP contribution >= 0.6 is 23.2 Å². The molecule has 0 saturated heterocycles. The summed E-state index contributed by atoms with van der Waals surface area (Å²) in [6, 6.07) is 11.7. The van der Waals surface area contributed by atoms with Gasteiger partial charge in [-0.05, 0) is 62.4 Å². The average Bonchev–Trinajstić information content (AvgIpc) is 3.25. The predicted molar refractivity (Wildman–Crippen MR) is 135 cm³/mol. The number of carbonyl (C=O) groups is 3. The summed E-state index contributed by atoms with van der Waals surface area (Å²) in [5.74, 6) is -0.346. The summed E-state index contributed by atoms with van der Waals surface area (Å²) in [4.78, 5) is 36.6. The average molecular weight is 505 g/mol. The van der Waals surface area contributed by atoms with Gasteiger partial charge in [0.15, 0.2) is 0 Å². The third-order valence-electron chi connectivity index (χ3n) is 6.27. The maximum absolute atomic E-state index is 13.1. The first-order valence-electron chi connectivity index (χ1n) is 11.4. The Hall–Kier alpha value is -2.77. The molecule has 34 heavy (non-hydrogen) atoms. The Morgan fingerprint density at radius 1 is 1.03 bits per heavy atom. The molecule has 0 spiro atoms. The van der Waals surface area contributed by atoms with E-state index in [9.17, 15) is 14.4 Å². The van der Waals surface area contributed by atoms with E-state index in [1.807, 2.05) is 19.1 Å². The van der Waals surface area contributed by atoms with Gasteiger partial charge in [-0.3, -0.25) is 9.59 Å². The molecule has 1 atom stereocenters. The van der Waals surface area contributed by atoms with Crippen molar-refractivity contribution < 1.29 is 14.4 Å². The molecule has 0 heterocycles. The van der Waals surface area contributed by atoms with E-state index in [2.05, 4.69) is 16.0 Å². The second-order valence-electron chi connectivity index (χ2n) is 8.85. The van der Waals surface area contributed by atoms with E-state index in [-0.39, 0.29) is 33.5 Å². The van der Waals surface area contributed by atoms with Crippen LogP contribution in [0.2, 0.25) is 10.0 Å². The van der Waals surface area contributed by atoms with Crippen molar-refractivity contribution in [3.63, 3.8) is 0 Å². The van der Waals surface area contributed by atoms with Gasteiger partial charge in [-0.15, -0.1) is 0 Å². The molecule has 1 aliphatic rings. The Bertz CT molecular complexity index is 1020. The van der Waals surface area contributed by atoms with E-state index in [4.69, 9.17) is 28.9 Å². The number of primary amides is 1. The Morgan fingerprint density at radius 2 is 1.65 bits per heavy atom. The van der Waals surface area contributed by atoms with Crippen molar-refractivity contribution in [2.45, 2.75) is 51.5 Å². The number of urea groups is 1. The van der Waals surface area contributed by atoms with Gasteiger partial charge >= 0.3 is 6.03 Å². The lowest BCUT2D eigenvalue weighted by Crippen LogP contribution is -2.46. The van der Waals surface area contributed by atoms with Gasteiger partial charge in [0.05, 0.1) is 21.0 Å². The molecule has 0 aromatic heterocycles. The Kier molecular flexibility index (Phi) is 8.80. The zero-order valence-electron chi connectivity index (χ0n) is 19.1. The largest absolute Gasteiger partial charge is 0.353 e. The minimum absolute atomic E-state index is 0.0317. The Labute approximate surface area is 209 Å². The number of halogens is 2. The van der Waals surface area contributed by atoms with Crippen molar-refractivity contribution >= 4 is 46.7 Å². The molecule has 2 aromatic rings. The van der Waals surface area contributed by atoms with Crippen LogP contribution in [0.1, 0.15) is 54.9 Å². The van der Waals surface area contributed by atoms with Gasteiger partial charge in [-0.2, -0.15) is 0 Å². The van der Waals surface area contributed by atoms with E-state index < -0.39 is 11.4 Å². The van der Waals surface area contributed by atoms with Gasteiger partial charge in [0, 0.05) is 18.3 Å². The number of benzene rings is 2. The first kappa shape index (κ1) is 25.8. The number of hydrogen-bond acceptors (Lipinski definition) is 3. The number of hydrogen-bond donors (Lipinski definition) is 4. The first-order valence-corrected chi connectivity index (χ1v) is 12.1. The van der Waals surface area contributed by atoms with Crippen LogP contribution in [0.5, 0.6) is 0 Å². The van der Waals surface area contributed by atoms with Crippen molar-refractivity contribution in [2.75, 3.05) is 11.9 Å². The molecule has 1 fully saturated rings. The molecule has 1 unspecified atom stereocenters. The van der Waals surface area contributed by atoms with Crippen molar-refractivity contribution in [1.82, 2.24) is 10.6 Å². The van der Waals surface area contributed by atoms with Crippen LogP contribution in [0.15, 0.2) is 42.5 Å². The molecule has 0 bridgehead atoms. The normalized spacial score (nSPS) is 15.4. The second kappa shape index (κ2) is 11.6. The van der Waals surface area contributed by atoms with E-state index >= 15 is 0 Å². The summed E-state index contributed by atoms with van der Waals surface area (Å²) in [5, 5.41) is 9.13. The van der Waals surface area contributed by atoms with Crippen LogP contribution in [0.3, 0.4) is 0 Å². The molecule has 4 amide bonds. The quantitative estimate of drug-likeness (QED) is 0.388. The standard InChI is InChI=1S/C25H30Cl2N4O3/c1-16(30-23(33)25(11-2-3-12-25)13-14-29-24(28)34)15-17-7-9-18(10-8-17)31-22(32)21-19(26)5-4-6-20(21)27/h4-10,16H,2-3,11-15H2,1H3,(H,30,33)(H,31,32)(H3,28,29,34). The zero-order chi connectivity index (χ0) is 24.7. The lowest BCUT2D eigenvalue weighted by Gasteiger charge is -2.29. The maximum atomic E-state index is 13.1. The molecule has 2 aromatic carbocycles. The summed E-state index contributed by atoms with van der Waals surface area (Å²) in [6.45, 7) is 2.36. The summed E-state index contributed by atoms with van der Waals surface area (Å²) in [5.41, 5.74) is 6.58. The lowest BCUT2D eigenvalue weighted by atomic mass is 9.81. The second-order valence-corrected chi connectivity index (χ2v) is 9.67. The minimum Gasteiger partial charge on any atom is -0.353 e. The monoisotopic (exact) mass is 504 g/mol. The Balaban J connectivity index is 1.56. The fourth-order valence-corrected chi connectivity index (χ4v) is 5.05. The third kappa shape index (κ3) is 6.64. The molecule has 7 nitrogen and oxygen atoms in total. The van der Waals surface area contributed by atoms with Gasteiger partial charge in [0.2, 0.25) is 5.91 Å². The number of nitrogens with one attached hydrogen (secondary N) is 3. The van der Waals surface area contributed by atoms with E-state index in [0.717, 1.165) is 31.2 Å². The SMILES string of the molecule is CC(Cc1ccc(NC(=O)c2c(Cl)cccc2Cl)cc1)NC(=O)C1(CCNC(N)=O)CCCC1. The van der Waals surface area contributed by atoms with Crippen molar-refractivity contribution in [3.05, 3.63) is 63.6 Å². The molecule has 3 rings (SSSR count). The van der Waals surface area contributed by atoms with Crippen LogP contribution in [-0.2, 0) is 11.2 Å².